The second-order valence-electron chi connectivity index (χ2n) is 6.92. The summed E-state index contributed by atoms with van der Waals surface area (Å²) in [5, 5.41) is 14.5. The van der Waals surface area contributed by atoms with Crippen LogP contribution < -0.4 is 10.1 Å². The average Bonchev–Trinajstić information content (AvgIpc) is 3.34. The first kappa shape index (κ1) is 19.5. The molecule has 30 heavy (non-hydrogen) atoms. The van der Waals surface area contributed by atoms with Crippen LogP contribution >= 0.6 is 0 Å². The third-order valence-electron chi connectivity index (χ3n) is 4.79. The molecule has 3 heterocycles. The van der Waals surface area contributed by atoms with Crippen LogP contribution in [0.3, 0.4) is 0 Å². The smallest absolute Gasteiger partial charge is 0.305 e. The Hall–Kier alpha value is -3.82. The molecular weight excluding hydrogens is 384 g/mol. The predicted octanol–water partition coefficient (Wildman–Crippen LogP) is 2.51. The molecule has 1 N–H and O–H groups in total. The molecule has 1 unspecified atom stereocenters. The summed E-state index contributed by atoms with van der Waals surface area (Å²) in [7, 11) is 1.75. The van der Waals surface area contributed by atoms with E-state index in [2.05, 4.69) is 30.8 Å². The fourth-order valence-electron chi connectivity index (χ4n) is 2.91. The van der Waals surface area contributed by atoms with Gasteiger partial charge >= 0.3 is 6.01 Å². The predicted molar refractivity (Wildman–Crippen MR) is 110 cm³/mol. The lowest BCUT2D eigenvalue weighted by molar-refractivity contribution is -0.119. The van der Waals surface area contributed by atoms with E-state index in [1.165, 1.54) is 0 Å². The zero-order valence-electron chi connectivity index (χ0n) is 17.0. The third-order valence-corrected chi connectivity index (χ3v) is 4.79. The van der Waals surface area contributed by atoms with Gasteiger partial charge in [-0.2, -0.15) is 4.98 Å². The molecule has 0 saturated carbocycles. The Morgan fingerprint density at radius 1 is 1.17 bits per heavy atom. The molecule has 0 aliphatic carbocycles. The van der Waals surface area contributed by atoms with Crippen molar-refractivity contribution >= 4 is 22.8 Å². The number of fused-ring (bicyclic) bond motifs is 1. The largest absolute Gasteiger partial charge is 0.458 e. The number of carbonyl (C=O) groups is 1. The Kier molecular flexibility index (Phi) is 5.38. The molecule has 1 atom stereocenters. The van der Waals surface area contributed by atoms with Gasteiger partial charge in [-0.15, -0.1) is 0 Å². The lowest BCUT2D eigenvalue weighted by Gasteiger charge is -2.11. The molecule has 0 saturated heterocycles. The van der Waals surface area contributed by atoms with E-state index in [1.807, 2.05) is 50.2 Å². The number of aryl methyl sites for hydroxylation is 1. The normalized spacial score (nSPS) is 12.1. The van der Waals surface area contributed by atoms with Crippen molar-refractivity contribution in [3.63, 3.8) is 0 Å². The summed E-state index contributed by atoms with van der Waals surface area (Å²) in [6.45, 7) is 4.02. The van der Waals surface area contributed by atoms with Gasteiger partial charge in [0.2, 0.25) is 5.91 Å². The highest BCUT2D eigenvalue weighted by molar-refractivity contribution is 5.91. The molecule has 0 spiro atoms. The summed E-state index contributed by atoms with van der Waals surface area (Å²) in [6, 6.07) is 13.4. The number of tetrazole rings is 1. The molecule has 0 radical (unpaired) electrons. The van der Waals surface area contributed by atoms with Crippen molar-refractivity contribution in [1.29, 1.82) is 0 Å². The number of ether oxygens (including phenoxy) is 1. The van der Waals surface area contributed by atoms with E-state index in [-0.39, 0.29) is 18.4 Å². The molecule has 154 valence electrons. The number of carbonyl (C=O) groups excluding carboxylic acids is 1. The maximum atomic E-state index is 12.1. The molecule has 10 heteroatoms. The average molecular weight is 406 g/mol. The van der Waals surface area contributed by atoms with Gasteiger partial charge in [-0.3, -0.25) is 4.79 Å². The van der Waals surface area contributed by atoms with E-state index in [4.69, 9.17) is 4.74 Å². The molecule has 1 amide bonds. The molecule has 1 aromatic carbocycles. The lowest BCUT2D eigenvalue weighted by atomic mass is 10.1. The fourth-order valence-corrected chi connectivity index (χ4v) is 2.91. The first-order chi connectivity index (χ1) is 14.6. The third kappa shape index (κ3) is 3.84. The number of benzene rings is 1. The van der Waals surface area contributed by atoms with Crippen LogP contribution in [0.15, 0.2) is 42.5 Å². The Balaban J connectivity index is 1.58. The monoisotopic (exact) mass is 406 g/mol. The molecule has 4 rings (SSSR count). The van der Waals surface area contributed by atoms with Crippen molar-refractivity contribution in [2.75, 3.05) is 5.32 Å². The lowest BCUT2D eigenvalue weighted by Crippen LogP contribution is -2.20. The van der Waals surface area contributed by atoms with Crippen molar-refractivity contribution in [2.45, 2.75) is 26.9 Å². The molecule has 3 aromatic heterocycles. The van der Waals surface area contributed by atoms with Gasteiger partial charge in [0.15, 0.2) is 0 Å². The topological polar surface area (TPSA) is 113 Å². The van der Waals surface area contributed by atoms with Crippen LogP contribution in [0.4, 0.5) is 5.82 Å². The number of nitrogens with one attached hydrogen (secondary N) is 1. The fraction of sp³-hybridized carbons (Fsp3) is 0.300. The van der Waals surface area contributed by atoms with Gasteiger partial charge < -0.3 is 10.1 Å². The molecule has 10 nitrogen and oxygen atoms in total. The highest BCUT2D eigenvalue weighted by atomic mass is 16.5. The molecule has 0 aliphatic rings. The number of imidazole rings is 1. The van der Waals surface area contributed by atoms with Crippen LogP contribution in [-0.4, -0.2) is 40.6 Å². The second kappa shape index (κ2) is 8.27. The van der Waals surface area contributed by atoms with Gasteiger partial charge in [0.25, 0.3) is 5.95 Å². The standard InChI is InChI=1S/C20H22N8O2/c1-4-13(2)18(29)23-17-11-7-8-14(21-17)12-30-20-22-15-9-5-6-10-16(15)28(20)19-24-25-26-27(19)3/h5-11,13H,4,12H2,1-3H3,(H,21,23,29). The number of rotatable bonds is 7. The summed E-state index contributed by atoms with van der Waals surface area (Å²) in [4.78, 5) is 21.2. The van der Waals surface area contributed by atoms with Crippen molar-refractivity contribution in [3.05, 3.63) is 48.2 Å². The SMILES string of the molecule is CCC(C)C(=O)Nc1cccc(COc2nc3ccccc3n2-c2nnnn2C)n1. The quantitative estimate of drug-likeness (QED) is 0.502. The van der Waals surface area contributed by atoms with Crippen LogP contribution in [0, 0.1) is 5.92 Å². The van der Waals surface area contributed by atoms with Gasteiger partial charge in [0.1, 0.15) is 12.4 Å². The van der Waals surface area contributed by atoms with Gasteiger partial charge in [0.05, 0.1) is 16.7 Å². The second-order valence-corrected chi connectivity index (χ2v) is 6.92. The van der Waals surface area contributed by atoms with Crippen LogP contribution in [0.1, 0.15) is 26.0 Å². The number of anilines is 1. The van der Waals surface area contributed by atoms with Crippen molar-refractivity contribution in [3.8, 4) is 12.0 Å². The van der Waals surface area contributed by atoms with Crippen LogP contribution in [0.2, 0.25) is 0 Å². The van der Waals surface area contributed by atoms with E-state index >= 15 is 0 Å². The van der Waals surface area contributed by atoms with Gasteiger partial charge in [-0.1, -0.05) is 37.1 Å². The van der Waals surface area contributed by atoms with E-state index < -0.39 is 0 Å². The number of pyridine rings is 1. The number of hydrogen-bond acceptors (Lipinski definition) is 7. The Morgan fingerprint density at radius 3 is 2.77 bits per heavy atom. The summed E-state index contributed by atoms with van der Waals surface area (Å²) in [6.07, 6.45) is 0.766. The van der Waals surface area contributed by atoms with Crippen LogP contribution in [-0.2, 0) is 18.4 Å². The van der Waals surface area contributed by atoms with Crippen LogP contribution in [0.5, 0.6) is 6.01 Å². The maximum absolute atomic E-state index is 12.1. The zero-order chi connectivity index (χ0) is 21.1. The highest BCUT2D eigenvalue weighted by Crippen LogP contribution is 2.25. The van der Waals surface area contributed by atoms with Gasteiger partial charge in [-0.25, -0.2) is 14.2 Å². The highest BCUT2D eigenvalue weighted by Gasteiger charge is 2.18. The van der Waals surface area contributed by atoms with E-state index in [9.17, 15) is 4.79 Å². The Morgan fingerprint density at radius 2 is 2.00 bits per heavy atom. The number of hydrogen-bond donors (Lipinski definition) is 1. The zero-order valence-corrected chi connectivity index (χ0v) is 17.0. The number of aromatic nitrogens is 7. The number of amides is 1. The van der Waals surface area contributed by atoms with Crippen LogP contribution in [0.25, 0.3) is 17.0 Å². The minimum atomic E-state index is -0.0772. The Bertz CT molecular complexity index is 1180. The van der Waals surface area contributed by atoms with E-state index in [0.29, 0.717) is 23.5 Å². The van der Waals surface area contributed by atoms with E-state index in [0.717, 1.165) is 17.5 Å². The summed E-state index contributed by atoms with van der Waals surface area (Å²) in [5.41, 5.74) is 2.25. The number of para-hydroxylation sites is 2. The minimum Gasteiger partial charge on any atom is -0.458 e. The Labute approximate surface area is 172 Å². The van der Waals surface area contributed by atoms with Crippen molar-refractivity contribution < 1.29 is 9.53 Å². The first-order valence-corrected chi connectivity index (χ1v) is 9.66. The number of nitrogens with zero attached hydrogens (tertiary/aromatic N) is 7. The maximum Gasteiger partial charge on any atom is 0.305 e. The van der Waals surface area contributed by atoms with Gasteiger partial charge in [0, 0.05) is 13.0 Å². The molecule has 4 aromatic rings. The summed E-state index contributed by atoms with van der Waals surface area (Å²) in [5.74, 6) is 0.847. The summed E-state index contributed by atoms with van der Waals surface area (Å²) >= 11 is 0. The van der Waals surface area contributed by atoms with Gasteiger partial charge in [-0.05, 0) is 41.1 Å². The summed E-state index contributed by atoms with van der Waals surface area (Å²) < 4.78 is 9.28. The first-order valence-electron chi connectivity index (χ1n) is 9.66. The molecule has 0 bridgehead atoms. The molecular formula is C20H22N8O2. The minimum absolute atomic E-state index is 0.0559. The van der Waals surface area contributed by atoms with Crippen molar-refractivity contribution in [2.24, 2.45) is 13.0 Å². The molecule has 0 aliphatic heterocycles. The van der Waals surface area contributed by atoms with Crippen molar-refractivity contribution in [1.82, 2.24) is 34.7 Å². The molecule has 0 fully saturated rings. The van der Waals surface area contributed by atoms with E-state index in [1.54, 1.807) is 22.4 Å².